The highest BCUT2D eigenvalue weighted by Gasteiger charge is 2.59. The molecule has 0 saturated heterocycles. The first-order chi connectivity index (χ1) is 15.7. The molecule has 0 amide bonds. The van der Waals surface area contributed by atoms with Crippen molar-refractivity contribution in [1.29, 1.82) is 0 Å². The maximum Gasteiger partial charge on any atom is 0.671 e. The van der Waals surface area contributed by atoms with Crippen LogP contribution >= 0.6 is 0 Å². The lowest BCUT2D eigenvalue weighted by molar-refractivity contribution is -0.117. The molecule has 0 radical (unpaired) electrons. The normalized spacial score (nSPS) is 14.3. The predicted molar refractivity (Wildman–Crippen MR) is 148 cm³/mol. The van der Waals surface area contributed by atoms with E-state index in [1.807, 2.05) is 136 Å². The molecule has 35 heavy (non-hydrogen) atoms. The van der Waals surface area contributed by atoms with Crippen LogP contribution in [0, 0.1) is 0 Å². The molecule has 0 atom stereocenters. The largest absolute Gasteiger partial charge is 0.671 e. The molecular formula is C26H44O6Si3. The van der Waals surface area contributed by atoms with Crippen LogP contribution in [0.15, 0.2) is 60.7 Å². The Balaban J connectivity index is 2.57. The van der Waals surface area contributed by atoms with Gasteiger partial charge in [0.25, 0.3) is 0 Å². The molecule has 1 N–H and O–H groups in total. The zero-order valence-corrected chi connectivity index (χ0v) is 26.3. The first-order valence-electron chi connectivity index (χ1n) is 12.1. The van der Waals surface area contributed by atoms with Crippen LogP contribution in [0.5, 0.6) is 0 Å². The Morgan fingerprint density at radius 2 is 0.857 bits per heavy atom. The Kier molecular flexibility index (Phi) is 9.18. The Hall–Kier alpha value is -1.15. The summed E-state index contributed by atoms with van der Waals surface area (Å²) < 4.78 is 33.0. The van der Waals surface area contributed by atoms with Gasteiger partial charge in [-0.2, -0.15) is 0 Å². The van der Waals surface area contributed by atoms with E-state index in [1.165, 1.54) is 0 Å². The molecule has 0 fully saturated rings. The molecule has 0 aromatic heterocycles. The van der Waals surface area contributed by atoms with Crippen molar-refractivity contribution in [2.75, 3.05) is 0 Å². The van der Waals surface area contributed by atoms with Crippen molar-refractivity contribution in [2.45, 2.75) is 92.2 Å². The summed E-state index contributed by atoms with van der Waals surface area (Å²) in [5.41, 5.74) is -1.79. The minimum absolute atomic E-state index is 0.597. The van der Waals surface area contributed by atoms with Crippen molar-refractivity contribution < 1.29 is 26.3 Å². The van der Waals surface area contributed by atoms with Crippen molar-refractivity contribution in [3.63, 3.8) is 0 Å². The lowest BCUT2D eigenvalue weighted by atomic mass is 10.2. The van der Waals surface area contributed by atoms with Crippen LogP contribution in [-0.4, -0.2) is 47.8 Å². The minimum atomic E-state index is -3.79. The SMILES string of the molecule is CC(C)(C)O[Si](OC(C)(C)C)(OC(C)(C)C)O[Si](C)(C)O[Si](O)(c1ccccc1)c1ccccc1. The molecule has 0 aliphatic heterocycles. The molecule has 2 aromatic carbocycles. The molecular weight excluding hydrogens is 493 g/mol. The second-order valence-electron chi connectivity index (χ2n) is 12.1. The van der Waals surface area contributed by atoms with Gasteiger partial charge in [-0.3, -0.25) is 0 Å². The Morgan fingerprint density at radius 3 is 1.14 bits per heavy atom. The van der Waals surface area contributed by atoms with Gasteiger partial charge in [-0.1, -0.05) is 60.7 Å². The predicted octanol–water partition coefficient (Wildman–Crippen LogP) is 4.85. The van der Waals surface area contributed by atoms with Gasteiger partial charge in [0.15, 0.2) is 0 Å². The molecule has 6 nitrogen and oxygen atoms in total. The zero-order chi connectivity index (χ0) is 26.8. The fourth-order valence-electron chi connectivity index (χ4n) is 3.54. The molecule has 196 valence electrons. The number of benzene rings is 2. The summed E-state index contributed by atoms with van der Waals surface area (Å²) in [5.74, 6) is 0. The van der Waals surface area contributed by atoms with Gasteiger partial charge < -0.3 is 26.3 Å². The second kappa shape index (κ2) is 10.7. The Morgan fingerprint density at radius 1 is 0.543 bits per heavy atom. The first kappa shape index (κ1) is 30.1. The van der Waals surface area contributed by atoms with Crippen LogP contribution in [-0.2, 0) is 21.5 Å². The quantitative estimate of drug-likeness (QED) is 0.462. The number of rotatable bonds is 9. The Bertz CT molecular complexity index is 851. The van der Waals surface area contributed by atoms with E-state index in [4.69, 9.17) is 21.5 Å². The average molecular weight is 537 g/mol. The van der Waals surface area contributed by atoms with Crippen LogP contribution in [0.2, 0.25) is 13.1 Å². The lowest BCUT2D eigenvalue weighted by Crippen LogP contribution is -2.69. The third-order valence-corrected chi connectivity index (χ3v) is 15.3. The second-order valence-corrected chi connectivity index (χ2v) is 20.6. The zero-order valence-electron chi connectivity index (χ0n) is 23.3. The van der Waals surface area contributed by atoms with E-state index >= 15 is 0 Å². The van der Waals surface area contributed by atoms with Gasteiger partial charge in [0.2, 0.25) is 0 Å². The molecule has 0 bridgehead atoms. The summed E-state index contributed by atoms with van der Waals surface area (Å²) in [5, 5.41) is 1.49. The monoisotopic (exact) mass is 536 g/mol. The molecule has 0 heterocycles. The molecule has 2 aromatic rings. The minimum Gasteiger partial charge on any atom is -0.408 e. The summed E-state index contributed by atoms with van der Waals surface area (Å²) in [4.78, 5) is 12.1. The van der Waals surface area contributed by atoms with Crippen molar-refractivity contribution in [3.8, 4) is 0 Å². The van der Waals surface area contributed by atoms with E-state index in [0.29, 0.717) is 0 Å². The first-order valence-corrected chi connectivity index (χ1v) is 18.4. The van der Waals surface area contributed by atoms with E-state index in [9.17, 15) is 4.80 Å². The molecule has 2 rings (SSSR count). The molecule has 9 heteroatoms. The number of hydrogen-bond acceptors (Lipinski definition) is 6. The molecule has 0 saturated carbocycles. The summed E-state index contributed by atoms with van der Waals surface area (Å²) in [6, 6.07) is 19.1. The highest BCUT2D eigenvalue weighted by Crippen LogP contribution is 2.33. The molecule has 0 unspecified atom stereocenters. The summed E-state index contributed by atoms with van der Waals surface area (Å²) >= 11 is 0. The third-order valence-electron chi connectivity index (χ3n) is 4.39. The molecule has 0 aliphatic rings. The summed E-state index contributed by atoms with van der Waals surface area (Å²) in [6.07, 6.45) is 0. The van der Waals surface area contributed by atoms with E-state index < -0.39 is 43.0 Å². The van der Waals surface area contributed by atoms with Gasteiger partial charge in [0.05, 0.1) is 16.8 Å². The van der Waals surface area contributed by atoms with Gasteiger partial charge in [-0.15, -0.1) is 0 Å². The highest BCUT2D eigenvalue weighted by molar-refractivity contribution is 6.97. The van der Waals surface area contributed by atoms with Crippen molar-refractivity contribution >= 4 is 36.5 Å². The van der Waals surface area contributed by atoms with Crippen LogP contribution in [0.1, 0.15) is 62.3 Å². The topological polar surface area (TPSA) is 66.4 Å². The standard InChI is InChI=1S/C26H44O6Si3/c1-24(2,3)28-35(29-25(4,5)6,30-26(7,8)9)32-33(10,11)31-34(27,22-18-14-12-15-19-22)23-20-16-13-17-21-23/h12-21,27H,1-11H3. The van der Waals surface area contributed by atoms with Gasteiger partial charge in [0.1, 0.15) is 0 Å². The molecule has 0 spiro atoms. The Labute approximate surface area is 215 Å². The van der Waals surface area contributed by atoms with Crippen LogP contribution < -0.4 is 10.4 Å². The van der Waals surface area contributed by atoms with Gasteiger partial charge in [-0.05, 0) is 85.8 Å². The summed E-state index contributed by atoms with van der Waals surface area (Å²) in [6.45, 7) is 21.4. The fourth-order valence-corrected chi connectivity index (χ4v) is 14.8. The van der Waals surface area contributed by atoms with E-state index in [1.54, 1.807) is 0 Å². The van der Waals surface area contributed by atoms with Crippen molar-refractivity contribution in [2.24, 2.45) is 0 Å². The fraction of sp³-hybridized carbons (Fsp3) is 0.538. The smallest absolute Gasteiger partial charge is 0.408 e. The average Bonchev–Trinajstić information content (AvgIpc) is 2.63. The van der Waals surface area contributed by atoms with Crippen molar-refractivity contribution in [1.82, 2.24) is 0 Å². The number of hydrogen-bond donors (Lipinski definition) is 1. The maximum absolute atomic E-state index is 12.1. The summed E-state index contributed by atoms with van der Waals surface area (Å²) in [7, 11) is -10.6. The lowest BCUT2D eigenvalue weighted by Gasteiger charge is -2.45. The van der Waals surface area contributed by atoms with Gasteiger partial charge in [0, 0.05) is 0 Å². The van der Waals surface area contributed by atoms with Crippen LogP contribution in [0.4, 0.5) is 0 Å². The van der Waals surface area contributed by atoms with Gasteiger partial charge >= 0.3 is 26.2 Å². The van der Waals surface area contributed by atoms with Gasteiger partial charge in [-0.25, -0.2) is 0 Å². The van der Waals surface area contributed by atoms with E-state index in [2.05, 4.69) is 0 Å². The highest BCUT2D eigenvalue weighted by atomic mass is 28.5. The third kappa shape index (κ3) is 9.67. The van der Waals surface area contributed by atoms with E-state index in [0.717, 1.165) is 10.4 Å². The van der Waals surface area contributed by atoms with Crippen molar-refractivity contribution in [3.05, 3.63) is 60.7 Å². The van der Waals surface area contributed by atoms with E-state index in [-0.39, 0.29) is 0 Å². The van der Waals surface area contributed by atoms with Crippen LogP contribution in [0.3, 0.4) is 0 Å². The molecule has 0 aliphatic carbocycles. The van der Waals surface area contributed by atoms with Crippen LogP contribution in [0.25, 0.3) is 0 Å². The maximum atomic E-state index is 12.1.